The lowest BCUT2D eigenvalue weighted by atomic mass is 10.0. The van der Waals surface area contributed by atoms with E-state index in [9.17, 15) is 4.79 Å². The van der Waals surface area contributed by atoms with Gasteiger partial charge in [0.2, 0.25) is 0 Å². The average Bonchev–Trinajstić information content (AvgIpc) is 2.45. The molecule has 0 heterocycles. The van der Waals surface area contributed by atoms with E-state index in [2.05, 4.69) is 6.92 Å². The standard InChI is InChI=1S/C18H33Cl3O2/c1-2-3-7-10-15(19)13-17(21)14-16(20)11-8-5-4-6-9-12-18(22)23/h15-17H,2-14H2,1H3,(H,22,23). The molecule has 23 heavy (non-hydrogen) atoms. The molecule has 0 amide bonds. The Kier molecular flexibility index (Phi) is 16.1. The van der Waals surface area contributed by atoms with Crippen LogP contribution >= 0.6 is 34.8 Å². The minimum atomic E-state index is -0.703. The van der Waals surface area contributed by atoms with Gasteiger partial charge in [-0.05, 0) is 32.1 Å². The molecule has 0 aromatic heterocycles. The van der Waals surface area contributed by atoms with Crippen LogP contribution in [0.25, 0.3) is 0 Å². The topological polar surface area (TPSA) is 37.3 Å². The molecule has 0 fully saturated rings. The van der Waals surface area contributed by atoms with Gasteiger partial charge in [-0.2, -0.15) is 0 Å². The Labute approximate surface area is 157 Å². The van der Waals surface area contributed by atoms with Gasteiger partial charge in [-0.15, -0.1) is 34.8 Å². The molecule has 0 aromatic rings. The van der Waals surface area contributed by atoms with Gasteiger partial charge in [0.15, 0.2) is 0 Å². The fourth-order valence-electron chi connectivity index (χ4n) is 2.68. The number of aliphatic carboxylic acids is 1. The van der Waals surface area contributed by atoms with Crippen molar-refractivity contribution in [3.63, 3.8) is 0 Å². The van der Waals surface area contributed by atoms with Crippen LogP contribution in [-0.4, -0.2) is 27.2 Å². The van der Waals surface area contributed by atoms with Crippen molar-refractivity contribution >= 4 is 40.8 Å². The van der Waals surface area contributed by atoms with Crippen LogP contribution in [0.4, 0.5) is 0 Å². The third-order valence-corrected chi connectivity index (χ3v) is 5.20. The van der Waals surface area contributed by atoms with Crippen molar-refractivity contribution in [2.24, 2.45) is 0 Å². The van der Waals surface area contributed by atoms with Crippen molar-refractivity contribution in [3.8, 4) is 0 Å². The summed E-state index contributed by atoms with van der Waals surface area (Å²) in [6.07, 6.45) is 12.7. The Bertz CT molecular complexity index is 287. The molecule has 0 saturated carbocycles. The van der Waals surface area contributed by atoms with Gasteiger partial charge < -0.3 is 5.11 Å². The van der Waals surface area contributed by atoms with Crippen molar-refractivity contribution in [1.82, 2.24) is 0 Å². The van der Waals surface area contributed by atoms with Crippen LogP contribution in [0, 0.1) is 0 Å². The highest BCUT2D eigenvalue weighted by Gasteiger charge is 2.16. The molecule has 0 aliphatic rings. The first kappa shape index (κ1) is 23.3. The van der Waals surface area contributed by atoms with E-state index in [0.29, 0.717) is 0 Å². The van der Waals surface area contributed by atoms with Gasteiger partial charge in [0.1, 0.15) is 0 Å². The number of carbonyl (C=O) groups is 1. The van der Waals surface area contributed by atoms with Crippen LogP contribution in [0.5, 0.6) is 0 Å². The fraction of sp³-hybridized carbons (Fsp3) is 0.944. The number of hydrogen-bond acceptors (Lipinski definition) is 1. The molecule has 0 saturated heterocycles. The Hall–Kier alpha value is 0.340. The van der Waals surface area contributed by atoms with Gasteiger partial charge in [-0.3, -0.25) is 4.79 Å². The van der Waals surface area contributed by atoms with Crippen LogP contribution in [0.15, 0.2) is 0 Å². The van der Waals surface area contributed by atoms with Crippen LogP contribution in [0.1, 0.15) is 90.4 Å². The summed E-state index contributed by atoms with van der Waals surface area (Å²) in [7, 11) is 0. The Morgan fingerprint density at radius 3 is 1.78 bits per heavy atom. The lowest BCUT2D eigenvalue weighted by Crippen LogP contribution is -2.14. The minimum absolute atomic E-state index is 0.0668. The molecule has 0 aliphatic heterocycles. The van der Waals surface area contributed by atoms with E-state index in [0.717, 1.165) is 57.8 Å². The highest BCUT2D eigenvalue weighted by molar-refractivity contribution is 6.24. The molecular formula is C18H33Cl3O2. The lowest BCUT2D eigenvalue weighted by molar-refractivity contribution is -0.137. The van der Waals surface area contributed by atoms with E-state index in [-0.39, 0.29) is 22.6 Å². The van der Waals surface area contributed by atoms with Crippen LogP contribution in [0.2, 0.25) is 0 Å². The van der Waals surface area contributed by atoms with Crippen LogP contribution in [-0.2, 0) is 4.79 Å². The summed E-state index contributed by atoms with van der Waals surface area (Å²) in [4.78, 5) is 10.4. The number of rotatable bonds is 16. The zero-order valence-corrected chi connectivity index (χ0v) is 16.7. The van der Waals surface area contributed by atoms with Crippen molar-refractivity contribution in [3.05, 3.63) is 0 Å². The lowest BCUT2D eigenvalue weighted by Gasteiger charge is -2.17. The number of unbranched alkanes of at least 4 members (excludes halogenated alkanes) is 6. The summed E-state index contributed by atoms with van der Waals surface area (Å²) in [6, 6.07) is 0. The van der Waals surface area contributed by atoms with E-state index < -0.39 is 5.97 Å². The second-order valence-corrected chi connectivity index (χ2v) is 8.31. The second kappa shape index (κ2) is 15.8. The molecule has 2 nitrogen and oxygen atoms in total. The quantitative estimate of drug-likeness (QED) is 0.229. The predicted octanol–water partition coefficient (Wildman–Crippen LogP) is 6.98. The van der Waals surface area contributed by atoms with E-state index in [4.69, 9.17) is 39.9 Å². The number of carboxylic acids is 1. The molecule has 0 bridgehead atoms. The molecule has 3 unspecified atom stereocenters. The van der Waals surface area contributed by atoms with Crippen molar-refractivity contribution < 1.29 is 9.90 Å². The Balaban J connectivity index is 3.53. The zero-order chi connectivity index (χ0) is 17.5. The number of alkyl halides is 3. The number of carboxylic acid groups (broad SMARTS) is 1. The van der Waals surface area contributed by atoms with Crippen LogP contribution in [0.3, 0.4) is 0 Å². The summed E-state index contributed by atoms with van der Waals surface area (Å²) >= 11 is 19.1. The third-order valence-electron chi connectivity index (χ3n) is 4.05. The van der Waals surface area contributed by atoms with Gasteiger partial charge in [0.25, 0.3) is 0 Å². The number of hydrogen-bond donors (Lipinski definition) is 1. The first-order valence-corrected chi connectivity index (χ1v) is 10.4. The minimum Gasteiger partial charge on any atom is -0.481 e. The Morgan fingerprint density at radius 1 is 0.783 bits per heavy atom. The molecule has 0 radical (unpaired) electrons. The largest absolute Gasteiger partial charge is 0.481 e. The molecular weight excluding hydrogens is 355 g/mol. The second-order valence-electron chi connectivity index (χ2n) is 6.46. The molecule has 3 atom stereocenters. The molecule has 1 N–H and O–H groups in total. The first-order chi connectivity index (χ1) is 11.0. The van der Waals surface area contributed by atoms with Crippen molar-refractivity contribution in [2.75, 3.05) is 0 Å². The monoisotopic (exact) mass is 386 g/mol. The van der Waals surface area contributed by atoms with Crippen molar-refractivity contribution in [2.45, 2.75) is 107 Å². The number of halogens is 3. The SMILES string of the molecule is CCCCCC(Cl)CC(Cl)CC(Cl)CCCCCCCC(=O)O. The molecule has 0 aliphatic carbocycles. The third kappa shape index (κ3) is 17.0. The maximum Gasteiger partial charge on any atom is 0.303 e. The Morgan fingerprint density at radius 2 is 1.26 bits per heavy atom. The summed E-state index contributed by atoms with van der Waals surface area (Å²) in [5, 5.41) is 8.91. The van der Waals surface area contributed by atoms with Gasteiger partial charge in [0.05, 0.1) is 0 Å². The predicted molar refractivity (Wildman–Crippen MR) is 102 cm³/mol. The van der Waals surface area contributed by atoms with Gasteiger partial charge in [-0.25, -0.2) is 0 Å². The highest BCUT2D eigenvalue weighted by Crippen LogP contribution is 2.24. The summed E-state index contributed by atoms with van der Waals surface area (Å²) in [5.41, 5.74) is 0. The molecule has 0 rings (SSSR count). The maximum absolute atomic E-state index is 10.4. The summed E-state index contributed by atoms with van der Waals surface area (Å²) in [6.45, 7) is 2.19. The zero-order valence-electron chi connectivity index (χ0n) is 14.4. The van der Waals surface area contributed by atoms with Crippen molar-refractivity contribution in [1.29, 1.82) is 0 Å². The van der Waals surface area contributed by atoms with E-state index >= 15 is 0 Å². The maximum atomic E-state index is 10.4. The molecule has 138 valence electrons. The molecule has 0 aromatic carbocycles. The average molecular weight is 388 g/mol. The van der Waals surface area contributed by atoms with Crippen LogP contribution < -0.4 is 0 Å². The summed E-state index contributed by atoms with van der Waals surface area (Å²) in [5.74, 6) is -0.703. The smallest absolute Gasteiger partial charge is 0.303 e. The van der Waals surface area contributed by atoms with Gasteiger partial charge in [-0.1, -0.05) is 51.9 Å². The first-order valence-electron chi connectivity index (χ1n) is 9.09. The fourth-order valence-corrected chi connectivity index (χ4v) is 4.03. The summed E-state index contributed by atoms with van der Waals surface area (Å²) < 4.78 is 0. The van der Waals surface area contributed by atoms with Gasteiger partial charge >= 0.3 is 5.97 Å². The van der Waals surface area contributed by atoms with Gasteiger partial charge in [0, 0.05) is 22.6 Å². The van der Waals surface area contributed by atoms with E-state index in [1.807, 2.05) is 0 Å². The normalized spacial score (nSPS) is 15.3. The van der Waals surface area contributed by atoms with E-state index in [1.54, 1.807) is 0 Å². The highest BCUT2D eigenvalue weighted by atomic mass is 35.5. The molecule has 0 spiro atoms. The van der Waals surface area contributed by atoms with E-state index in [1.165, 1.54) is 19.3 Å². The molecule has 5 heteroatoms.